The van der Waals surface area contributed by atoms with Crippen molar-refractivity contribution >= 4 is 5.97 Å². The molecule has 3 rings (SSSR count). The van der Waals surface area contributed by atoms with Gasteiger partial charge in [0.1, 0.15) is 12.4 Å². The van der Waals surface area contributed by atoms with Gasteiger partial charge in [0.05, 0.1) is 6.10 Å². The Hall–Kier alpha value is -2.07. The first-order chi connectivity index (χ1) is 13.2. The summed E-state index contributed by atoms with van der Waals surface area (Å²) in [5.41, 5.74) is 2.68. The summed E-state index contributed by atoms with van der Waals surface area (Å²) in [7, 11) is 0. The van der Waals surface area contributed by atoms with Crippen LogP contribution in [0.3, 0.4) is 0 Å². The number of hydrogen-bond donors (Lipinski definition) is 1. The molecule has 1 aromatic carbocycles. The van der Waals surface area contributed by atoms with Gasteiger partial charge in [0.2, 0.25) is 0 Å². The number of rotatable bonds is 9. The topological polar surface area (TPSA) is 55.8 Å². The van der Waals surface area contributed by atoms with E-state index in [9.17, 15) is 4.79 Å². The second-order valence-corrected chi connectivity index (χ2v) is 7.48. The number of hydrogen-bond acceptors (Lipinski definition) is 3. The van der Waals surface area contributed by atoms with Gasteiger partial charge in [-0.2, -0.15) is 0 Å². The molecule has 2 aliphatic rings. The Morgan fingerprint density at radius 1 is 1.15 bits per heavy atom. The third-order valence-electron chi connectivity index (χ3n) is 5.32. The Labute approximate surface area is 161 Å². The molecule has 2 aliphatic carbocycles. The SMILES string of the molecule is O=C(O)COCCCc1ccc([C@@H]2CCC[C@H](OC3=CCCC=C3)C2)cc1. The van der Waals surface area contributed by atoms with Gasteiger partial charge in [0.15, 0.2) is 0 Å². The monoisotopic (exact) mass is 370 g/mol. The summed E-state index contributed by atoms with van der Waals surface area (Å²) in [4.78, 5) is 10.4. The quantitative estimate of drug-likeness (QED) is 0.622. The number of carbonyl (C=O) groups is 1. The Morgan fingerprint density at radius 2 is 2.00 bits per heavy atom. The van der Waals surface area contributed by atoms with Gasteiger partial charge >= 0.3 is 5.97 Å². The van der Waals surface area contributed by atoms with E-state index in [4.69, 9.17) is 14.6 Å². The third-order valence-corrected chi connectivity index (χ3v) is 5.32. The molecule has 2 atom stereocenters. The zero-order chi connectivity index (χ0) is 18.9. The summed E-state index contributed by atoms with van der Waals surface area (Å²) in [5, 5.41) is 8.55. The molecule has 0 radical (unpaired) electrons. The molecule has 0 amide bonds. The molecule has 146 valence electrons. The van der Waals surface area contributed by atoms with Gasteiger partial charge in [0, 0.05) is 6.61 Å². The van der Waals surface area contributed by atoms with Gasteiger partial charge in [-0.15, -0.1) is 0 Å². The highest BCUT2D eigenvalue weighted by molar-refractivity contribution is 5.67. The number of ether oxygens (including phenoxy) is 2. The van der Waals surface area contributed by atoms with Crippen LogP contribution in [0.25, 0.3) is 0 Å². The maximum absolute atomic E-state index is 10.4. The van der Waals surface area contributed by atoms with E-state index >= 15 is 0 Å². The van der Waals surface area contributed by atoms with Crippen molar-refractivity contribution < 1.29 is 19.4 Å². The molecule has 4 heteroatoms. The average Bonchev–Trinajstić information content (AvgIpc) is 2.69. The molecule has 1 aromatic rings. The lowest BCUT2D eigenvalue weighted by Gasteiger charge is -2.30. The van der Waals surface area contributed by atoms with Gasteiger partial charge in [-0.3, -0.25) is 0 Å². The summed E-state index contributed by atoms with van der Waals surface area (Å²) in [6, 6.07) is 8.90. The highest BCUT2D eigenvalue weighted by Gasteiger charge is 2.24. The van der Waals surface area contributed by atoms with Gasteiger partial charge in [-0.1, -0.05) is 30.3 Å². The van der Waals surface area contributed by atoms with Crippen LogP contribution in [0, 0.1) is 0 Å². The molecule has 0 heterocycles. The van der Waals surface area contributed by atoms with E-state index < -0.39 is 5.97 Å². The molecule has 1 saturated carbocycles. The number of aliphatic carboxylic acids is 1. The first-order valence-corrected chi connectivity index (χ1v) is 10.1. The maximum atomic E-state index is 10.4. The molecular formula is C23H30O4. The van der Waals surface area contributed by atoms with E-state index in [1.54, 1.807) is 0 Å². The number of carboxylic acids is 1. The van der Waals surface area contributed by atoms with Crippen LogP contribution < -0.4 is 0 Å². The van der Waals surface area contributed by atoms with Gasteiger partial charge in [0.25, 0.3) is 0 Å². The molecule has 0 saturated heterocycles. The molecule has 27 heavy (non-hydrogen) atoms. The minimum absolute atomic E-state index is 0.212. The standard InChI is InChI=1S/C23H30O4/c24-23(25)17-26-15-5-6-18-11-13-19(14-12-18)20-7-4-10-22(16-20)27-21-8-2-1-3-9-21/h2,8-9,11-14,20,22H,1,3-7,10,15-17H2,(H,24,25)/t20-,22+/m1/s1. The Balaban J connectivity index is 1.45. The molecular weight excluding hydrogens is 340 g/mol. The van der Waals surface area contributed by atoms with Crippen LogP contribution in [0.5, 0.6) is 0 Å². The second kappa shape index (κ2) is 10.3. The summed E-state index contributed by atoms with van der Waals surface area (Å²) in [6.07, 6.45) is 15.5. The van der Waals surface area contributed by atoms with Crippen molar-refractivity contribution in [1.82, 2.24) is 0 Å². The predicted molar refractivity (Wildman–Crippen MR) is 106 cm³/mol. The van der Waals surface area contributed by atoms with Gasteiger partial charge < -0.3 is 14.6 Å². The van der Waals surface area contributed by atoms with E-state index in [1.807, 2.05) is 0 Å². The highest BCUT2D eigenvalue weighted by Crippen LogP contribution is 2.35. The van der Waals surface area contributed by atoms with E-state index in [-0.39, 0.29) is 6.61 Å². The van der Waals surface area contributed by atoms with Crippen molar-refractivity contribution in [1.29, 1.82) is 0 Å². The smallest absolute Gasteiger partial charge is 0.329 e. The fourth-order valence-corrected chi connectivity index (χ4v) is 3.92. The van der Waals surface area contributed by atoms with Crippen LogP contribution in [0.15, 0.2) is 48.3 Å². The van der Waals surface area contributed by atoms with Crippen LogP contribution in [0.2, 0.25) is 0 Å². The highest BCUT2D eigenvalue weighted by atomic mass is 16.5. The molecule has 0 aromatic heterocycles. The van der Waals surface area contributed by atoms with E-state index in [1.165, 1.54) is 24.0 Å². The minimum Gasteiger partial charge on any atom is -0.491 e. The molecule has 4 nitrogen and oxygen atoms in total. The normalized spacial score (nSPS) is 22.3. The largest absolute Gasteiger partial charge is 0.491 e. The molecule has 0 unspecified atom stereocenters. The molecule has 1 fully saturated rings. The zero-order valence-electron chi connectivity index (χ0n) is 15.9. The summed E-state index contributed by atoms with van der Waals surface area (Å²) in [5.74, 6) is 0.710. The number of benzene rings is 1. The van der Waals surface area contributed by atoms with Crippen LogP contribution in [-0.4, -0.2) is 30.4 Å². The number of allylic oxidation sites excluding steroid dienone is 3. The molecule has 0 aliphatic heterocycles. The van der Waals surface area contributed by atoms with Crippen molar-refractivity contribution in [2.45, 2.75) is 63.4 Å². The molecule has 0 bridgehead atoms. The van der Waals surface area contributed by atoms with Crippen LogP contribution in [-0.2, 0) is 20.7 Å². The average molecular weight is 370 g/mol. The third kappa shape index (κ3) is 6.55. The number of aryl methyl sites for hydroxylation is 1. The lowest BCUT2D eigenvalue weighted by atomic mass is 9.82. The first-order valence-electron chi connectivity index (χ1n) is 10.1. The lowest BCUT2D eigenvalue weighted by Crippen LogP contribution is -2.21. The van der Waals surface area contributed by atoms with Crippen molar-refractivity contribution in [3.05, 3.63) is 59.4 Å². The zero-order valence-corrected chi connectivity index (χ0v) is 15.9. The van der Waals surface area contributed by atoms with Crippen LogP contribution >= 0.6 is 0 Å². The molecule has 0 spiro atoms. The van der Waals surface area contributed by atoms with Gasteiger partial charge in [-0.25, -0.2) is 4.79 Å². The predicted octanol–water partition coefficient (Wildman–Crippen LogP) is 5.00. The molecule has 1 N–H and O–H groups in total. The Bertz CT molecular complexity index is 659. The Morgan fingerprint density at radius 3 is 2.74 bits per heavy atom. The van der Waals surface area contributed by atoms with Crippen molar-refractivity contribution in [3.8, 4) is 0 Å². The van der Waals surface area contributed by atoms with Crippen molar-refractivity contribution in [2.75, 3.05) is 13.2 Å². The minimum atomic E-state index is -0.912. The van der Waals surface area contributed by atoms with Crippen molar-refractivity contribution in [2.24, 2.45) is 0 Å². The van der Waals surface area contributed by atoms with Crippen LogP contribution in [0.4, 0.5) is 0 Å². The van der Waals surface area contributed by atoms with E-state index in [0.29, 0.717) is 18.6 Å². The maximum Gasteiger partial charge on any atom is 0.329 e. The van der Waals surface area contributed by atoms with Crippen LogP contribution in [0.1, 0.15) is 62.0 Å². The van der Waals surface area contributed by atoms with E-state index in [0.717, 1.165) is 44.3 Å². The number of carboxylic acid groups (broad SMARTS) is 1. The first kappa shape index (κ1) is 19.7. The second-order valence-electron chi connectivity index (χ2n) is 7.48. The summed E-state index contributed by atoms with van der Waals surface area (Å²) < 4.78 is 11.3. The van der Waals surface area contributed by atoms with E-state index in [2.05, 4.69) is 42.5 Å². The summed E-state index contributed by atoms with van der Waals surface area (Å²) in [6.45, 7) is 0.274. The summed E-state index contributed by atoms with van der Waals surface area (Å²) >= 11 is 0. The van der Waals surface area contributed by atoms with Crippen molar-refractivity contribution in [3.63, 3.8) is 0 Å². The lowest BCUT2D eigenvalue weighted by molar-refractivity contribution is -0.142. The Kier molecular flexibility index (Phi) is 7.52. The van der Waals surface area contributed by atoms with Gasteiger partial charge in [-0.05, 0) is 80.6 Å². The fraction of sp³-hybridized carbons (Fsp3) is 0.522. The fourth-order valence-electron chi connectivity index (χ4n) is 3.92.